The van der Waals surface area contributed by atoms with Crippen LogP contribution >= 0.6 is 11.6 Å². The van der Waals surface area contributed by atoms with Crippen LogP contribution in [-0.4, -0.2) is 24.8 Å². The molecule has 1 unspecified atom stereocenters. The van der Waals surface area contributed by atoms with Crippen molar-refractivity contribution in [1.29, 1.82) is 0 Å². The lowest BCUT2D eigenvalue weighted by Gasteiger charge is -2.45. The summed E-state index contributed by atoms with van der Waals surface area (Å²) in [7, 11) is 0. The number of anilines is 1. The van der Waals surface area contributed by atoms with Gasteiger partial charge in [0.2, 0.25) is 0 Å². The average molecular weight is 268 g/mol. The van der Waals surface area contributed by atoms with Crippen molar-refractivity contribution in [2.75, 3.05) is 24.6 Å². The molecule has 0 saturated carbocycles. The number of aliphatic hydroxyl groups is 1. The molecule has 1 atom stereocenters. The number of hydrogen-bond acceptors (Lipinski definition) is 2. The molecule has 1 aromatic carbocycles. The highest BCUT2D eigenvalue weighted by Gasteiger charge is 2.35. The van der Waals surface area contributed by atoms with Gasteiger partial charge >= 0.3 is 0 Å². The van der Waals surface area contributed by atoms with Gasteiger partial charge in [-0.3, -0.25) is 0 Å². The van der Waals surface area contributed by atoms with Crippen molar-refractivity contribution in [2.24, 2.45) is 11.3 Å². The lowest BCUT2D eigenvalue weighted by molar-refractivity contribution is 0.0972. The van der Waals surface area contributed by atoms with Crippen molar-refractivity contribution >= 4 is 17.3 Å². The molecular weight excluding hydrogens is 246 g/mol. The van der Waals surface area contributed by atoms with E-state index in [0.29, 0.717) is 12.5 Å². The van der Waals surface area contributed by atoms with E-state index in [4.69, 9.17) is 11.6 Å². The third-order valence-corrected chi connectivity index (χ3v) is 4.41. The van der Waals surface area contributed by atoms with Crippen molar-refractivity contribution < 1.29 is 5.11 Å². The van der Waals surface area contributed by atoms with E-state index < -0.39 is 0 Å². The summed E-state index contributed by atoms with van der Waals surface area (Å²) in [6.07, 6.45) is 1.05. The Hall–Kier alpha value is -0.730. The van der Waals surface area contributed by atoms with Gasteiger partial charge in [-0.05, 0) is 48.4 Å². The zero-order valence-electron chi connectivity index (χ0n) is 11.4. The number of rotatable bonds is 2. The maximum atomic E-state index is 9.44. The van der Waals surface area contributed by atoms with Crippen LogP contribution in [0.25, 0.3) is 0 Å². The Labute approximate surface area is 115 Å². The predicted molar refractivity (Wildman–Crippen MR) is 77.4 cm³/mol. The highest BCUT2D eigenvalue weighted by molar-refractivity contribution is 6.30. The summed E-state index contributed by atoms with van der Waals surface area (Å²) in [6, 6.07) is 6.07. The number of hydrogen-bond donors (Lipinski definition) is 1. The largest absolute Gasteiger partial charge is 0.396 e. The zero-order valence-corrected chi connectivity index (χ0v) is 12.2. The lowest BCUT2D eigenvalue weighted by atomic mass is 9.74. The molecule has 1 aromatic rings. The van der Waals surface area contributed by atoms with Crippen molar-refractivity contribution in [3.63, 3.8) is 0 Å². The first-order chi connectivity index (χ1) is 8.44. The molecule has 1 heterocycles. The van der Waals surface area contributed by atoms with Gasteiger partial charge in [0.1, 0.15) is 0 Å². The minimum Gasteiger partial charge on any atom is -0.396 e. The van der Waals surface area contributed by atoms with Gasteiger partial charge in [0.25, 0.3) is 0 Å². The molecule has 1 N–H and O–H groups in total. The summed E-state index contributed by atoms with van der Waals surface area (Å²) in [5.74, 6) is 0.404. The summed E-state index contributed by atoms with van der Waals surface area (Å²) in [5.41, 5.74) is 2.64. The minimum absolute atomic E-state index is 0.152. The molecule has 0 spiro atoms. The summed E-state index contributed by atoms with van der Waals surface area (Å²) in [5, 5.41) is 10.2. The van der Waals surface area contributed by atoms with Crippen LogP contribution in [0, 0.1) is 18.3 Å². The first-order valence-corrected chi connectivity index (χ1v) is 6.94. The number of halogens is 1. The van der Waals surface area contributed by atoms with Crippen LogP contribution in [0.3, 0.4) is 0 Å². The van der Waals surface area contributed by atoms with Crippen LogP contribution in [0.1, 0.15) is 25.8 Å². The number of benzene rings is 1. The Morgan fingerprint density at radius 1 is 1.44 bits per heavy atom. The quantitative estimate of drug-likeness (QED) is 0.887. The van der Waals surface area contributed by atoms with Gasteiger partial charge in [-0.25, -0.2) is 0 Å². The SMILES string of the molecule is Cc1cc(Cl)ccc1N1CCC(CO)C(C)(C)C1. The highest BCUT2D eigenvalue weighted by Crippen LogP contribution is 2.37. The van der Waals surface area contributed by atoms with Gasteiger partial charge in [0.15, 0.2) is 0 Å². The van der Waals surface area contributed by atoms with E-state index in [1.807, 2.05) is 12.1 Å². The Balaban J connectivity index is 2.21. The third kappa shape index (κ3) is 2.65. The number of aryl methyl sites for hydroxylation is 1. The van der Waals surface area contributed by atoms with E-state index in [2.05, 4.69) is 31.7 Å². The molecule has 3 heteroatoms. The fourth-order valence-corrected chi connectivity index (χ4v) is 3.15. The first kappa shape index (κ1) is 13.7. The zero-order chi connectivity index (χ0) is 13.3. The van der Waals surface area contributed by atoms with Gasteiger partial charge in [-0.15, -0.1) is 0 Å². The molecule has 100 valence electrons. The van der Waals surface area contributed by atoms with Crippen LogP contribution in [0.15, 0.2) is 18.2 Å². The second kappa shape index (κ2) is 5.10. The summed E-state index contributed by atoms with van der Waals surface area (Å²) in [4.78, 5) is 2.41. The number of nitrogens with zero attached hydrogens (tertiary/aromatic N) is 1. The molecule has 1 aliphatic heterocycles. The van der Waals surface area contributed by atoms with E-state index in [9.17, 15) is 5.11 Å². The molecule has 1 saturated heterocycles. The second-order valence-corrected chi connectivity index (χ2v) is 6.45. The van der Waals surface area contributed by atoms with Crippen molar-refractivity contribution in [1.82, 2.24) is 0 Å². The molecule has 0 aliphatic carbocycles. The molecule has 1 fully saturated rings. The molecule has 2 rings (SSSR count). The second-order valence-electron chi connectivity index (χ2n) is 6.01. The summed E-state index contributed by atoms with van der Waals surface area (Å²) < 4.78 is 0. The number of piperidine rings is 1. The monoisotopic (exact) mass is 267 g/mol. The third-order valence-electron chi connectivity index (χ3n) is 4.17. The smallest absolute Gasteiger partial charge is 0.0465 e. The van der Waals surface area contributed by atoms with E-state index >= 15 is 0 Å². The summed E-state index contributed by atoms with van der Waals surface area (Å²) in [6.45, 7) is 8.88. The maximum Gasteiger partial charge on any atom is 0.0465 e. The highest BCUT2D eigenvalue weighted by atomic mass is 35.5. The topological polar surface area (TPSA) is 23.5 Å². The molecule has 1 aliphatic rings. The fraction of sp³-hybridized carbons (Fsp3) is 0.600. The van der Waals surface area contributed by atoms with Crippen LogP contribution < -0.4 is 4.90 Å². The van der Waals surface area contributed by atoms with E-state index in [1.165, 1.54) is 11.3 Å². The molecule has 2 nitrogen and oxygen atoms in total. The van der Waals surface area contributed by atoms with Crippen LogP contribution in [0.5, 0.6) is 0 Å². The van der Waals surface area contributed by atoms with Crippen molar-refractivity contribution in [2.45, 2.75) is 27.2 Å². The molecule has 0 amide bonds. The lowest BCUT2D eigenvalue weighted by Crippen LogP contribution is -2.47. The first-order valence-electron chi connectivity index (χ1n) is 6.56. The fourth-order valence-electron chi connectivity index (χ4n) is 2.92. The Bertz CT molecular complexity index is 431. The molecule has 0 bridgehead atoms. The van der Waals surface area contributed by atoms with Gasteiger partial charge < -0.3 is 10.0 Å². The van der Waals surface area contributed by atoms with Crippen molar-refractivity contribution in [3.8, 4) is 0 Å². The van der Waals surface area contributed by atoms with Gasteiger partial charge in [0, 0.05) is 30.4 Å². The molecule has 0 radical (unpaired) electrons. The van der Waals surface area contributed by atoms with E-state index in [0.717, 1.165) is 24.5 Å². The van der Waals surface area contributed by atoms with Crippen LogP contribution in [0.4, 0.5) is 5.69 Å². The number of aliphatic hydroxyl groups excluding tert-OH is 1. The minimum atomic E-state index is 0.152. The summed E-state index contributed by atoms with van der Waals surface area (Å²) >= 11 is 6.01. The van der Waals surface area contributed by atoms with Gasteiger partial charge in [-0.2, -0.15) is 0 Å². The Morgan fingerprint density at radius 2 is 2.17 bits per heavy atom. The molecule has 0 aromatic heterocycles. The van der Waals surface area contributed by atoms with Gasteiger partial charge in [0.05, 0.1) is 0 Å². The van der Waals surface area contributed by atoms with E-state index in [1.54, 1.807) is 0 Å². The van der Waals surface area contributed by atoms with Crippen LogP contribution in [0.2, 0.25) is 5.02 Å². The maximum absolute atomic E-state index is 9.44. The van der Waals surface area contributed by atoms with Crippen molar-refractivity contribution in [3.05, 3.63) is 28.8 Å². The Morgan fingerprint density at radius 3 is 2.72 bits per heavy atom. The van der Waals surface area contributed by atoms with Crippen LogP contribution in [-0.2, 0) is 0 Å². The Kier molecular flexibility index (Phi) is 3.88. The predicted octanol–water partition coefficient (Wildman–Crippen LogP) is 3.49. The standard InChI is InChI=1S/C15H22ClNO/c1-11-8-13(16)4-5-14(11)17-7-6-12(9-18)15(2,3)10-17/h4-5,8,12,18H,6-7,9-10H2,1-3H3. The average Bonchev–Trinajstić information content (AvgIpc) is 2.27. The molecule has 18 heavy (non-hydrogen) atoms. The normalized spacial score (nSPS) is 23.2. The van der Waals surface area contributed by atoms with Gasteiger partial charge in [-0.1, -0.05) is 25.4 Å². The van der Waals surface area contributed by atoms with E-state index in [-0.39, 0.29) is 5.41 Å². The molecular formula is C15H22ClNO.